The van der Waals surface area contributed by atoms with E-state index in [1.165, 1.54) is 30.3 Å². The van der Waals surface area contributed by atoms with Crippen molar-refractivity contribution in [3.05, 3.63) is 79.5 Å². The van der Waals surface area contributed by atoms with Crippen molar-refractivity contribution in [3.63, 3.8) is 0 Å². The highest BCUT2D eigenvalue weighted by Gasteiger charge is 2.22. The fourth-order valence-corrected chi connectivity index (χ4v) is 2.88. The molecule has 2 aromatic rings. The van der Waals surface area contributed by atoms with E-state index in [0.29, 0.717) is 5.56 Å². The zero-order valence-corrected chi connectivity index (χ0v) is 13.8. The van der Waals surface area contributed by atoms with Crippen molar-refractivity contribution in [1.29, 1.82) is 0 Å². The smallest absolute Gasteiger partial charge is 0.339 e. The van der Waals surface area contributed by atoms with Crippen LogP contribution in [-0.2, 0) is 10.1 Å². The van der Waals surface area contributed by atoms with E-state index in [1.54, 1.807) is 0 Å². The predicted octanol–water partition coefficient (Wildman–Crippen LogP) is 3.26. The van der Waals surface area contributed by atoms with E-state index in [9.17, 15) is 28.6 Å². The largest absolute Gasteiger partial charge is 0.379 e. The molecule has 2 aromatic carbocycles. The average Bonchev–Trinajstić information content (AvgIpc) is 2.53. The minimum absolute atomic E-state index is 0.0594. The quantitative estimate of drug-likeness (QED) is 0.424. The molecule has 130 valence electrons. The molecule has 0 atom stereocenters. The second kappa shape index (κ2) is 7.28. The minimum atomic E-state index is -4.31. The topological polar surface area (TPSA) is 130 Å². The van der Waals surface area contributed by atoms with Crippen LogP contribution in [0, 0.1) is 20.2 Å². The van der Waals surface area contributed by atoms with Gasteiger partial charge in [-0.3, -0.25) is 20.2 Å². The summed E-state index contributed by atoms with van der Waals surface area (Å²) in [6.07, 6.45) is 1.96. The van der Waals surface area contributed by atoms with Crippen molar-refractivity contribution in [3.8, 4) is 5.75 Å². The summed E-state index contributed by atoms with van der Waals surface area (Å²) >= 11 is 5.64. The Hall–Kier alpha value is -2.98. The van der Waals surface area contributed by atoms with Gasteiger partial charge in [0, 0.05) is 12.1 Å². The molecule has 0 heterocycles. The molecular formula is C14H9ClN2O7S. The number of nitrogens with zero attached hydrogens (tertiary/aromatic N) is 2. The van der Waals surface area contributed by atoms with Crippen LogP contribution in [0.25, 0.3) is 6.08 Å². The third-order valence-electron chi connectivity index (χ3n) is 2.88. The maximum atomic E-state index is 12.2. The van der Waals surface area contributed by atoms with Crippen molar-refractivity contribution in [2.75, 3.05) is 0 Å². The van der Waals surface area contributed by atoms with Crippen LogP contribution >= 0.6 is 11.6 Å². The van der Waals surface area contributed by atoms with Crippen molar-refractivity contribution in [2.24, 2.45) is 0 Å². The van der Waals surface area contributed by atoms with Crippen molar-refractivity contribution in [1.82, 2.24) is 0 Å². The Balaban J connectivity index is 2.25. The summed E-state index contributed by atoms with van der Waals surface area (Å²) in [6, 6.07) is 8.37. The minimum Gasteiger partial charge on any atom is -0.379 e. The van der Waals surface area contributed by atoms with Gasteiger partial charge in [-0.05, 0) is 29.8 Å². The van der Waals surface area contributed by atoms with E-state index in [0.717, 1.165) is 24.4 Å². The zero-order chi connectivity index (χ0) is 18.6. The highest BCUT2D eigenvalue weighted by molar-refractivity contribution is 7.87. The number of hydrogen-bond donors (Lipinski definition) is 0. The summed E-state index contributed by atoms with van der Waals surface area (Å²) in [6.45, 7) is 0. The van der Waals surface area contributed by atoms with Crippen LogP contribution in [0.3, 0.4) is 0 Å². The number of hydrogen-bond acceptors (Lipinski definition) is 7. The van der Waals surface area contributed by atoms with Gasteiger partial charge < -0.3 is 4.18 Å². The van der Waals surface area contributed by atoms with Gasteiger partial charge in [0.2, 0.25) is 6.20 Å². The van der Waals surface area contributed by atoms with E-state index < -0.39 is 30.5 Å². The lowest BCUT2D eigenvalue weighted by molar-refractivity contribution is -0.400. The van der Waals surface area contributed by atoms with Gasteiger partial charge in [0.15, 0.2) is 0 Å². The summed E-state index contributed by atoms with van der Waals surface area (Å²) in [5.74, 6) is -0.0594. The summed E-state index contributed by atoms with van der Waals surface area (Å²) < 4.78 is 29.3. The maximum absolute atomic E-state index is 12.2. The molecule has 0 aromatic heterocycles. The Labute approximate surface area is 146 Å². The second-order valence-electron chi connectivity index (χ2n) is 4.58. The second-order valence-corrected chi connectivity index (χ2v) is 6.53. The van der Waals surface area contributed by atoms with Crippen molar-refractivity contribution in [2.45, 2.75) is 4.90 Å². The first-order chi connectivity index (χ1) is 11.7. The number of nitro benzene ring substituents is 1. The highest BCUT2D eigenvalue weighted by Crippen LogP contribution is 2.28. The summed E-state index contributed by atoms with van der Waals surface area (Å²) in [5.41, 5.74) is -0.102. The average molecular weight is 385 g/mol. The Morgan fingerprint density at radius 3 is 2.24 bits per heavy atom. The molecule has 0 amide bonds. The fourth-order valence-electron chi connectivity index (χ4n) is 1.74. The first kappa shape index (κ1) is 18.4. The lowest BCUT2D eigenvalue weighted by Gasteiger charge is -2.07. The van der Waals surface area contributed by atoms with Gasteiger partial charge >= 0.3 is 10.1 Å². The molecular weight excluding hydrogens is 376 g/mol. The van der Waals surface area contributed by atoms with Gasteiger partial charge in [0.25, 0.3) is 5.69 Å². The lowest BCUT2D eigenvalue weighted by atomic mass is 10.2. The zero-order valence-electron chi connectivity index (χ0n) is 12.2. The van der Waals surface area contributed by atoms with Crippen molar-refractivity contribution < 1.29 is 22.4 Å². The molecule has 25 heavy (non-hydrogen) atoms. The Bertz CT molecular complexity index is 956. The molecule has 2 rings (SSSR count). The van der Waals surface area contributed by atoms with Gasteiger partial charge in [0.05, 0.1) is 9.85 Å². The van der Waals surface area contributed by atoms with Crippen LogP contribution in [0.15, 0.2) is 53.6 Å². The maximum Gasteiger partial charge on any atom is 0.339 e. The number of benzene rings is 2. The Kier molecular flexibility index (Phi) is 5.35. The van der Waals surface area contributed by atoms with Crippen LogP contribution in [0.1, 0.15) is 5.56 Å². The molecule has 0 unspecified atom stereocenters. The number of rotatable bonds is 6. The van der Waals surface area contributed by atoms with Gasteiger partial charge in [-0.1, -0.05) is 23.7 Å². The monoisotopic (exact) mass is 384 g/mol. The van der Waals surface area contributed by atoms with Gasteiger partial charge in [0.1, 0.15) is 15.7 Å². The molecule has 0 aliphatic heterocycles. The van der Waals surface area contributed by atoms with Crippen LogP contribution < -0.4 is 4.18 Å². The van der Waals surface area contributed by atoms with Gasteiger partial charge in [-0.15, -0.1) is 0 Å². The van der Waals surface area contributed by atoms with Crippen LogP contribution in [0.2, 0.25) is 5.02 Å². The normalized spacial score (nSPS) is 11.4. The number of nitro groups is 2. The summed E-state index contributed by atoms with van der Waals surface area (Å²) in [4.78, 5) is 19.2. The highest BCUT2D eigenvalue weighted by atomic mass is 35.5. The molecule has 0 bridgehead atoms. The van der Waals surface area contributed by atoms with E-state index in [4.69, 9.17) is 15.8 Å². The molecule has 11 heteroatoms. The first-order valence-electron chi connectivity index (χ1n) is 6.49. The van der Waals surface area contributed by atoms with Crippen LogP contribution in [0.5, 0.6) is 5.75 Å². The SMILES string of the molecule is O=[N+]([O-])/C=C/c1ccc(OS(=O)(=O)c2ccc(Cl)c([N+](=O)[O-])c2)cc1. The van der Waals surface area contributed by atoms with Gasteiger partial charge in [-0.25, -0.2) is 0 Å². The molecule has 0 fully saturated rings. The fraction of sp³-hybridized carbons (Fsp3) is 0. The Morgan fingerprint density at radius 1 is 1.04 bits per heavy atom. The molecule has 0 saturated heterocycles. The standard InChI is InChI=1S/C14H9ClN2O7S/c15-13-6-5-12(9-14(13)17(20)21)25(22,23)24-11-3-1-10(2-4-11)7-8-16(18)19/h1-9H/b8-7+. The molecule has 0 aliphatic carbocycles. The summed E-state index contributed by atoms with van der Waals surface area (Å²) in [5, 5.41) is 20.9. The number of halogens is 1. The molecule has 0 spiro atoms. The van der Waals surface area contributed by atoms with Crippen LogP contribution in [-0.4, -0.2) is 18.3 Å². The third kappa shape index (κ3) is 4.75. The molecule has 0 radical (unpaired) electrons. The molecule has 0 aliphatic rings. The van der Waals surface area contributed by atoms with E-state index in [2.05, 4.69) is 0 Å². The summed E-state index contributed by atoms with van der Waals surface area (Å²) in [7, 11) is -4.31. The van der Waals surface area contributed by atoms with E-state index in [1.807, 2.05) is 0 Å². The van der Waals surface area contributed by atoms with E-state index in [-0.39, 0.29) is 10.8 Å². The predicted molar refractivity (Wildman–Crippen MR) is 88.4 cm³/mol. The third-order valence-corrected chi connectivity index (χ3v) is 4.44. The van der Waals surface area contributed by atoms with Gasteiger partial charge in [-0.2, -0.15) is 8.42 Å². The molecule has 0 saturated carbocycles. The first-order valence-corrected chi connectivity index (χ1v) is 8.28. The van der Waals surface area contributed by atoms with Crippen LogP contribution in [0.4, 0.5) is 5.69 Å². The Morgan fingerprint density at radius 2 is 1.68 bits per heavy atom. The van der Waals surface area contributed by atoms with Crippen molar-refractivity contribution >= 4 is 33.5 Å². The lowest BCUT2D eigenvalue weighted by Crippen LogP contribution is -2.10. The molecule has 9 nitrogen and oxygen atoms in total. The van der Waals surface area contributed by atoms with E-state index >= 15 is 0 Å². The molecule has 0 N–H and O–H groups in total.